The van der Waals surface area contributed by atoms with Crippen LogP contribution in [-0.2, 0) is 10.0 Å². The number of aryl methyl sites for hydroxylation is 1. The number of nitrogens with one attached hydrogen (secondary N) is 1. The number of hydrogen-bond donors (Lipinski definition) is 1. The van der Waals surface area contributed by atoms with E-state index in [1.807, 2.05) is 6.92 Å². The van der Waals surface area contributed by atoms with Gasteiger partial charge in [0.15, 0.2) is 0 Å². The molecule has 0 radical (unpaired) electrons. The van der Waals surface area contributed by atoms with Gasteiger partial charge in [-0.3, -0.25) is 9.71 Å². The van der Waals surface area contributed by atoms with Crippen LogP contribution >= 0.6 is 0 Å². The SMILES string of the molecule is Cc1cncc(NS(=O)(=O)c2cnc3onc(C4CC4)c3c2)c1. The number of aromatic nitrogens is 3. The third-order valence-corrected chi connectivity index (χ3v) is 5.08. The zero-order valence-electron chi connectivity index (χ0n) is 12.4. The molecule has 3 heterocycles. The van der Waals surface area contributed by atoms with E-state index >= 15 is 0 Å². The first kappa shape index (κ1) is 14.1. The summed E-state index contributed by atoms with van der Waals surface area (Å²) in [6.07, 6.45) is 6.49. The Balaban J connectivity index is 1.73. The van der Waals surface area contributed by atoms with E-state index in [0.717, 1.165) is 24.1 Å². The lowest BCUT2D eigenvalue weighted by Gasteiger charge is -2.08. The zero-order chi connectivity index (χ0) is 16.0. The molecular weight excluding hydrogens is 316 g/mol. The second-order valence-corrected chi connectivity index (χ2v) is 7.40. The van der Waals surface area contributed by atoms with Crippen molar-refractivity contribution in [1.82, 2.24) is 15.1 Å². The lowest BCUT2D eigenvalue weighted by Crippen LogP contribution is -2.13. The van der Waals surface area contributed by atoms with E-state index in [0.29, 0.717) is 22.7 Å². The van der Waals surface area contributed by atoms with Crippen LogP contribution in [0.4, 0.5) is 5.69 Å². The summed E-state index contributed by atoms with van der Waals surface area (Å²) in [5.74, 6) is 0.352. The van der Waals surface area contributed by atoms with Crippen LogP contribution in [0.15, 0.2) is 40.1 Å². The number of anilines is 1. The van der Waals surface area contributed by atoms with E-state index in [1.165, 1.54) is 12.4 Å². The molecule has 0 atom stereocenters. The highest BCUT2D eigenvalue weighted by molar-refractivity contribution is 7.92. The van der Waals surface area contributed by atoms with Gasteiger partial charge in [0.05, 0.1) is 29.2 Å². The Morgan fingerprint density at radius 3 is 2.78 bits per heavy atom. The number of hydrogen-bond acceptors (Lipinski definition) is 6. The van der Waals surface area contributed by atoms with Crippen LogP contribution in [0.1, 0.15) is 30.0 Å². The number of pyridine rings is 2. The van der Waals surface area contributed by atoms with Crippen molar-refractivity contribution in [2.75, 3.05) is 4.72 Å². The van der Waals surface area contributed by atoms with E-state index in [4.69, 9.17) is 4.52 Å². The average molecular weight is 330 g/mol. The summed E-state index contributed by atoms with van der Waals surface area (Å²) in [5, 5.41) is 4.68. The van der Waals surface area contributed by atoms with Crippen LogP contribution < -0.4 is 4.72 Å². The van der Waals surface area contributed by atoms with Gasteiger partial charge >= 0.3 is 0 Å². The fourth-order valence-electron chi connectivity index (χ4n) is 2.45. The topological polar surface area (TPSA) is 98.0 Å². The Hall–Kier alpha value is -2.48. The van der Waals surface area contributed by atoms with Gasteiger partial charge in [0.25, 0.3) is 15.7 Å². The Kier molecular flexibility index (Phi) is 3.08. The van der Waals surface area contributed by atoms with Gasteiger partial charge in [-0.05, 0) is 37.5 Å². The fourth-order valence-corrected chi connectivity index (χ4v) is 3.46. The van der Waals surface area contributed by atoms with Gasteiger partial charge in [-0.15, -0.1) is 0 Å². The maximum atomic E-state index is 12.5. The predicted octanol–water partition coefficient (Wildman–Crippen LogP) is 2.60. The molecular formula is C15H14N4O3S. The van der Waals surface area contributed by atoms with Gasteiger partial charge in [-0.2, -0.15) is 0 Å². The minimum Gasteiger partial charge on any atom is -0.336 e. The van der Waals surface area contributed by atoms with Crippen molar-refractivity contribution in [1.29, 1.82) is 0 Å². The van der Waals surface area contributed by atoms with Gasteiger partial charge in [0.2, 0.25) is 0 Å². The Morgan fingerprint density at radius 2 is 2.04 bits per heavy atom. The third kappa shape index (κ3) is 2.65. The van der Waals surface area contributed by atoms with Crippen molar-refractivity contribution >= 4 is 26.8 Å². The quantitative estimate of drug-likeness (QED) is 0.789. The summed E-state index contributed by atoms with van der Waals surface area (Å²) in [6, 6.07) is 3.28. The highest BCUT2D eigenvalue weighted by Gasteiger charge is 2.30. The molecule has 1 aliphatic rings. The van der Waals surface area contributed by atoms with Gasteiger partial charge in [-0.25, -0.2) is 13.4 Å². The Labute approximate surface area is 132 Å². The van der Waals surface area contributed by atoms with Gasteiger partial charge in [0, 0.05) is 12.1 Å². The van der Waals surface area contributed by atoms with E-state index in [2.05, 4.69) is 19.8 Å². The molecule has 3 aromatic heterocycles. The van der Waals surface area contributed by atoms with Crippen molar-refractivity contribution in [2.24, 2.45) is 0 Å². The molecule has 0 bridgehead atoms. The van der Waals surface area contributed by atoms with Crippen molar-refractivity contribution < 1.29 is 12.9 Å². The van der Waals surface area contributed by atoms with Crippen molar-refractivity contribution in [3.63, 3.8) is 0 Å². The van der Waals surface area contributed by atoms with Gasteiger partial charge in [0.1, 0.15) is 4.90 Å². The van der Waals surface area contributed by atoms with E-state index in [1.54, 1.807) is 18.3 Å². The summed E-state index contributed by atoms with van der Waals surface area (Å²) >= 11 is 0. The summed E-state index contributed by atoms with van der Waals surface area (Å²) in [6.45, 7) is 1.84. The van der Waals surface area contributed by atoms with Gasteiger partial charge in [-0.1, -0.05) is 5.16 Å². The summed E-state index contributed by atoms with van der Waals surface area (Å²) in [4.78, 5) is 8.14. The predicted molar refractivity (Wildman–Crippen MR) is 83.6 cm³/mol. The number of fused-ring (bicyclic) bond motifs is 1. The molecule has 0 aromatic carbocycles. The summed E-state index contributed by atoms with van der Waals surface area (Å²) in [7, 11) is -3.74. The molecule has 0 aliphatic heterocycles. The molecule has 0 spiro atoms. The molecule has 0 saturated heterocycles. The first-order valence-corrected chi connectivity index (χ1v) is 8.71. The molecule has 1 fully saturated rings. The molecule has 1 aliphatic carbocycles. The van der Waals surface area contributed by atoms with Crippen molar-refractivity contribution in [2.45, 2.75) is 30.6 Å². The van der Waals surface area contributed by atoms with E-state index < -0.39 is 10.0 Å². The van der Waals surface area contributed by atoms with Crippen molar-refractivity contribution in [3.8, 4) is 0 Å². The fraction of sp³-hybridized carbons (Fsp3) is 0.267. The Bertz CT molecular complexity index is 993. The maximum absolute atomic E-state index is 12.5. The third-order valence-electron chi connectivity index (χ3n) is 3.73. The van der Waals surface area contributed by atoms with Crippen LogP contribution in [0.3, 0.4) is 0 Å². The number of sulfonamides is 1. The Morgan fingerprint density at radius 1 is 1.22 bits per heavy atom. The lowest BCUT2D eigenvalue weighted by atomic mass is 10.2. The molecule has 0 amide bonds. The van der Waals surface area contributed by atoms with Gasteiger partial charge < -0.3 is 4.52 Å². The molecule has 1 saturated carbocycles. The first-order valence-electron chi connectivity index (χ1n) is 7.23. The highest BCUT2D eigenvalue weighted by Crippen LogP contribution is 2.42. The monoisotopic (exact) mass is 330 g/mol. The van der Waals surface area contributed by atoms with E-state index in [-0.39, 0.29) is 4.90 Å². The molecule has 1 N–H and O–H groups in total. The zero-order valence-corrected chi connectivity index (χ0v) is 13.2. The summed E-state index contributed by atoms with van der Waals surface area (Å²) in [5.41, 5.74) is 2.44. The normalized spacial score (nSPS) is 15.0. The first-order chi connectivity index (χ1) is 11.0. The molecule has 0 unspecified atom stereocenters. The molecule has 7 nitrogen and oxygen atoms in total. The van der Waals surface area contributed by atoms with Crippen molar-refractivity contribution in [3.05, 3.63) is 42.0 Å². The second-order valence-electron chi connectivity index (χ2n) is 5.72. The number of nitrogens with zero attached hydrogens (tertiary/aromatic N) is 3. The molecule has 118 valence electrons. The highest BCUT2D eigenvalue weighted by atomic mass is 32.2. The smallest absolute Gasteiger partial charge is 0.263 e. The average Bonchev–Trinajstić information content (AvgIpc) is 3.26. The lowest BCUT2D eigenvalue weighted by molar-refractivity contribution is 0.439. The molecule has 23 heavy (non-hydrogen) atoms. The largest absolute Gasteiger partial charge is 0.336 e. The van der Waals surface area contributed by atoms with Crippen LogP contribution in [-0.4, -0.2) is 23.5 Å². The van der Waals surface area contributed by atoms with Crippen LogP contribution in [0.2, 0.25) is 0 Å². The molecule has 8 heteroatoms. The molecule has 4 rings (SSSR count). The minimum atomic E-state index is -3.74. The summed E-state index contributed by atoms with van der Waals surface area (Å²) < 4.78 is 32.8. The van der Waals surface area contributed by atoms with E-state index in [9.17, 15) is 8.42 Å². The number of rotatable bonds is 4. The minimum absolute atomic E-state index is 0.0802. The van der Waals surface area contributed by atoms with Crippen LogP contribution in [0, 0.1) is 6.92 Å². The second kappa shape index (κ2) is 5.02. The van der Waals surface area contributed by atoms with Crippen LogP contribution in [0.25, 0.3) is 11.1 Å². The standard InChI is InChI=1S/C15H14N4O3S/c1-9-4-11(7-16-6-9)19-23(20,21)12-5-13-14(10-2-3-10)18-22-15(13)17-8-12/h4-8,10,19H,2-3H2,1H3. The molecule has 3 aromatic rings. The maximum Gasteiger partial charge on any atom is 0.263 e. The van der Waals surface area contributed by atoms with Crippen LogP contribution in [0.5, 0.6) is 0 Å².